The fourth-order valence-electron chi connectivity index (χ4n) is 1.55. The number of anilines is 1. The van der Waals surface area contributed by atoms with Gasteiger partial charge in [-0.25, -0.2) is 4.79 Å². The molecule has 0 aliphatic rings. The van der Waals surface area contributed by atoms with E-state index in [0.29, 0.717) is 23.6 Å². The molecular formula is C13H20N2O3S. The number of carbonyl (C=O) groups is 2. The number of ether oxygens (including phenoxy) is 1. The van der Waals surface area contributed by atoms with Crippen LogP contribution in [0.25, 0.3) is 0 Å². The molecule has 0 fully saturated rings. The Hall–Kier alpha value is -1.40. The van der Waals surface area contributed by atoms with Crippen molar-refractivity contribution in [3.05, 3.63) is 16.0 Å². The van der Waals surface area contributed by atoms with Crippen molar-refractivity contribution in [2.75, 3.05) is 11.9 Å². The first-order valence-electron chi connectivity index (χ1n) is 6.25. The summed E-state index contributed by atoms with van der Waals surface area (Å²) in [5.74, 6) is -0.695. The smallest absolute Gasteiger partial charge is 0.341 e. The molecule has 1 amide bonds. The van der Waals surface area contributed by atoms with Crippen molar-refractivity contribution < 1.29 is 14.3 Å². The maximum absolute atomic E-state index is 11.9. The third-order valence-electron chi connectivity index (χ3n) is 2.88. The number of esters is 1. The first-order valence-corrected chi connectivity index (χ1v) is 7.07. The summed E-state index contributed by atoms with van der Waals surface area (Å²) in [7, 11) is 0. The lowest BCUT2D eigenvalue weighted by atomic mass is 10.1. The zero-order chi connectivity index (χ0) is 14.6. The molecule has 3 N–H and O–H groups in total. The van der Waals surface area contributed by atoms with Crippen LogP contribution in [-0.4, -0.2) is 24.5 Å². The molecule has 1 heterocycles. The van der Waals surface area contributed by atoms with E-state index < -0.39 is 12.0 Å². The van der Waals surface area contributed by atoms with Crippen LogP contribution in [-0.2, 0) is 9.53 Å². The van der Waals surface area contributed by atoms with Crippen LogP contribution in [0.15, 0.2) is 0 Å². The highest BCUT2D eigenvalue weighted by Crippen LogP contribution is 2.33. The van der Waals surface area contributed by atoms with E-state index in [-0.39, 0.29) is 5.91 Å². The number of nitrogens with two attached hydrogens (primary N) is 1. The highest BCUT2D eigenvalue weighted by molar-refractivity contribution is 7.16. The van der Waals surface area contributed by atoms with Gasteiger partial charge in [0.05, 0.1) is 18.2 Å². The Bertz CT molecular complexity index is 482. The van der Waals surface area contributed by atoms with Gasteiger partial charge in [-0.05, 0) is 32.8 Å². The standard InChI is InChI=1S/C13H20N2O3S/c1-5-9(14)11(16)15-12-10(13(17)18-6-2)7(3)8(4)19-12/h9H,5-6,14H2,1-4H3,(H,15,16). The van der Waals surface area contributed by atoms with E-state index in [1.54, 1.807) is 6.92 Å². The Morgan fingerprint density at radius 3 is 2.53 bits per heavy atom. The summed E-state index contributed by atoms with van der Waals surface area (Å²) >= 11 is 1.36. The van der Waals surface area contributed by atoms with Crippen molar-refractivity contribution in [2.24, 2.45) is 5.73 Å². The average molecular weight is 284 g/mol. The van der Waals surface area contributed by atoms with Crippen LogP contribution in [0.3, 0.4) is 0 Å². The summed E-state index contributed by atoms with van der Waals surface area (Å²) in [6, 6.07) is -0.572. The topological polar surface area (TPSA) is 81.4 Å². The van der Waals surface area contributed by atoms with Crippen LogP contribution >= 0.6 is 11.3 Å². The SMILES string of the molecule is CCOC(=O)c1c(NC(=O)C(N)CC)sc(C)c1C. The zero-order valence-corrected chi connectivity index (χ0v) is 12.5. The predicted molar refractivity (Wildman–Crippen MR) is 76.6 cm³/mol. The molecule has 0 aliphatic heterocycles. The molecule has 0 spiro atoms. The molecule has 19 heavy (non-hydrogen) atoms. The number of rotatable bonds is 5. The van der Waals surface area contributed by atoms with Gasteiger partial charge in [0.15, 0.2) is 0 Å². The first kappa shape index (κ1) is 15.7. The Morgan fingerprint density at radius 1 is 1.37 bits per heavy atom. The maximum atomic E-state index is 11.9. The monoisotopic (exact) mass is 284 g/mol. The summed E-state index contributed by atoms with van der Waals surface area (Å²) in [6.45, 7) is 7.62. The van der Waals surface area contributed by atoms with Crippen molar-refractivity contribution in [3.8, 4) is 0 Å². The van der Waals surface area contributed by atoms with Crippen LogP contribution in [0, 0.1) is 13.8 Å². The van der Waals surface area contributed by atoms with E-state index in [9.17, 15) is 9.59 Å². The number of nitrogens with one attached hydrogen (secondary N) is 1. The Labute approximate surface area is 117 Å². The zero-order valence-electron chi connectivity index (χ0n) is 11.7. The van der Waals surface area contributed by atoms with Crippen molar-refractivity contribution in [2.45, 2.75) is 40.2 Å². The highest BCUT2D eigenvalue weighted by atomic mass is 32.1. The number of hydrogen-bond acceptors (Lipinski definition) is 5. The lowest BCUT2D eigenvalue weighted by Crippen LogP contribution is -2.35. The van der Waals surface area contributed by atoms with Gasteiger partial charge in [0.2, 0.25) is 5.91 Å². The van der Waals surface area contributed by atoms with Gasteiger partial charge in [-0.1, -0.05) is 6.92 Å². The molecule has 0 radical (unpaired) electrons. The minimum absolute atomic E-state index is 0.283. The molecule has 0 saturated carbocycles. The largest absolute Gasteiger partial charge is 0.462 e. The van der Waals surface area contributed by atoms with Crippen molar-refractivity contribution in [3.63, 3.8) is 0 Å². The van der Waals surface area contributed by atoms with Crippen LogP contribution in [0.4, 0.5) is 5.00 Å². The fourth-order valence-corrected chi connectivity index (χ4v) is 2.61. The summed E-state index contributed by atoms with van der Waals surface area (Å²) in [5, 5.41) is 3.23. The van der Waals surface area contributed by atoms with Crippen LogP contribution in [0.2, 0.25) is 0 Å². The Morgan fingerprint density at radius 2 is 2.00 bits per heavy atom. The van der Waals surface area contributed by atoms with E-state index in [1.165, 1.54) is 11.3 Å². The van der Waals surface area contributed by atoms with E-state index >= 15 is 0 Å². The quantitative estimate of drug-likeness (QED) is 0.812. The molecule has 0 bridgehead atoms. The van der Waals surface area contributed by atoms with Gasteiger partial charge in [0, 0.05) is 4.88 Å². The molecule has 1 atom stereocenters. The molecule has 1 unspecified atom stereocenters. The Kier molecular flexibility index (Phi) is 5.50. The van der Waals surface area contributed by atoms with E-state index in [4.69, 9.17) is 10.5 Å². The summed E-state index contributed by atoms with van der Waals surface area (Å²) in [5.41, 5.74) is 6.94. The first-order chi connectivity index (χ1) is 8.92. The second kappa shape index (κ2) is 6.68. The second-order valence-corrected chi connectivity index (χ2v) is 5.44. The van der Waals surface area contributed by atoms with Gasteiger partial charge in [0.25, 0.3) is 0 Å². The molecule has 1 aromatic rings. The van der Waals surface area contributed by atoms with E-state index in [2.05, 4.69) is 5.32 Å². The molecule has 0 saturated heterocycles. The third kappa shape index (κ3) is 3.54. The van der Waals surface area contributed by atoms with Crippen molar-refractivity contribution in [1.82, 2.24) is 0 Å². The number of amides is 1. The second-order valence-electron chi connectivity index (χ2n) is 4.21. The molecule has 6 heteroatoms. The molecule has 5 nitrogen and oxygen atoms in total. The lowest BCUT2D eigenvalue weighted by Gasteiger charge is -2.10. The number of hydrogen-bond donors (Lipinski definition) is 2. The molecule has 0 aliphatic carbocycles. The highest BCUT2D eigenvalue weighted by Gasteiger charge is 2.23. The number of carbonyl (C=O) groups excluding carboxylic acids is 2. The van der Waals surface area contributed by atoms with Gasteiger partial charge in [-0.15, -0.1) is 11.3 Å². The molecule has 1 aromatic heterocycles. The number of aryl methyl sites for hydroxylation is 1. The third-order valence-corrected chi connectivity index (χ3v) is 4.00. The van der Waals surface area contributed by atoms with Crippen LogP contribution in [0.5, 0.6) is 0 Å². The molecule has 106 valence electrons. The van der Waals surface area contributed by atoms with Gasteiger partial charge in [0.1, 0.15) is 5.00 Å². The summed E-state index contributed by atoms with van der Waals surface area (Å²) in [4.78, 5) is 24.7. The predicted octanol–water partition coefficient (Wildman–Crippen LogP) is 2.22. The fraction of sp³-hybridized carbons (Fsp3) is 0.538. The van der Waals surface area contributed by atoms with Crippen molar-refractivity contribution in [1.29, 1.82) is 0 Å². The van der Waals surface area contributed by atoms with Gasteiger partial charge in [-0.3, -0.25) is 4.79 Å². The van der Waals surface area contributed by atoms with Crippen molar-refractivity contribution >= 4 is 28.2 Å². The maximum Gasteiger partial charge on any atom is 0.341 e. The Balaban J connectivity index is 3.04. The van der Waals surface area contributed by atoms with Gasteiger partial charge >= 0.3 is 5.97 Å². The van der Waals surface area contributed by atoms with Crippen LogP contribution < -0.4 is 11.1 Å². The summed E-state index contributed by atoms with van der Waals surface area (Å²) in [6.07, 6.45) is 0.546. The average Bonchev–Trinajstić information content (AvgIpc) is 2.64. The molecular weight excluding hydrogens is 264 g/mol. The van der Waals surface area contributed by atoms with E-state index in [0.717, 1.165) is 10.4 Å². The van der Waals surface area contributed by atoms with Crippen LogP contribution in [0.1, 0.15) is 41.1 Å². The summed E-state index contributed by atoms with van der Waals surface area (Å²) < 4.78 is 5.02. The molecule has 0 aromatic carbocycles. The minimum atomic E-state index is -0.572. The van der Waals surface area contributed by atoms with E-state index in [1.807, 2.05) is 20.8 Å². The number of thiophene rings is 1. The molecule has 1 rings (SSSR count). The normalized spacial score (nSPS) is 12.1. The van der Waals surface area contributed by atoms with Gasteiger partial charge in [-0.2, -0.15) is 0 Å². The minimum Gasteiger partial charge on any atom is -0.462 e. The van der Waals surface area contributed by atoms with Gasteiger partial charge < -0.3 is 15.8 Å². The lowest BCUT2D eigenvalue weighted by molar-refractivity contribution is -0.117.